The van der Waals surface area contributed by atoms with Crippen molar-refractivity contribution in [3.63, 3.8) is 0 Å². The smallest absolute Gasteiger partial charge is 0.275 e. The molecule has 8 heteroatoms. The Morgan fingerprint density at radius 2 is 1.79 bits per heavy atom. The van der Waals surface area contributed by atoms with Crippen molar-refractivity contribution in [3.8, 4) is 0 Å². The summed E-state index contributed by atoms with van der Waals surface area (Å²) >= 11 is 0. The van der Waals surface area contributed by atoms with Crippen molar-refractivity contribution in [3.05, 3.63) is 71.4 Å². The van der Waals surface area contributed by atoms with Crippen molar-refractivity contribution in [2.45, 2.75) is 6.54 Å². The molecule has 3 rings (SSSR count). The van der Waals surface area contributed by atoms with E-state index >= 15 is 0 Å². The number of H-pyrrole nitrogens is 1. The molecule has 0 aliphatic carbocycles. The van der Waals surface area contributed by atoms with Gasteiger partial charge in [0.05, 0.1) is 5.69 Å². The lowest BCUT2D eigenvalue weighted by molar-refractivity contribution is 0.0946. The number of aromatic amines is 1. The van der Waals surface area contributed by atoms with Crippen LogP contribution in [0.1, 0.15) is 16.1 Å². The molecule has 1 aromatic heterocycles. The van der Waals surface area contributed by atoms with Gasteiger partial charge in [0.25, 0.3) is 5.91 Å². The first-order valence-electron chi connectivity index (χ1n) is 7.08. The lowest BCUT2D eigenvalue weighted by Gasteiger charge is -2.07. The lowest BCUT2D eigenvalue weighted by atomic mass is 10.2. The SMILES string of the molecule is O=C(NCc1ccc(F)cc1)c1n[nH]nc1Nc1ccccc1F. The molecule has 3 aromatic rings. The van der Waals surface area contributed by atoms with Crippen LogP contribution < -0.4 is 10.6 Å². The van der Waals surface area contributed by atoms with Crippen LogP contribution in [-0.2, 0) is 6.54 Å². The number of aromatic nitrogens is 3. The third-order valence-corrected chi connectivity index (χ3v) is 3.26. The van der Waals surface area contributed by atoms with Gasteiger partial charge in [-0.25, -0.2) is 8.78 Å². The number of hydrogen-bond donors (Lipinski definition) is 3. The van der Waals surface area contributed by atoms with E-state index < -0.39 is 11.7 Å². The second-order valence-corrected chi connectivity index (χ2v) is 4.93. The maximum atomic E-state index is 13.7. The van der Waals surface area contributed by atoms with Crippen molar-refractivity contribution in [2.24, 2.45) is 0 Å². The zero-order valence-corrected chi connectivity index (χ0v) is 12.4. The van der Waals surface area contributed by atoms with E-state index in [1.54, 1.807) is 24.3 Å². The first-order valence-corrected chi connectivity index (χ1v) is 7.08. The third kappa shape index (κ3) is 3.54. The highest BCUT2D eigenvalue weighted by atomic mass is 19.1. The zero-order valence-electron chi connectivity index (χ0n) is 12.4. The molecular weight excluding hydrogens is 316 g/mol. The standard InChI is InChI=1S/C16H13F2N5O/c17-11-7-5-10(6-8-11)9-19-16(24)14-15(22-23-21-14)20-13-4-2-1-3-12(13)18/h1-8H,9H2,(H,19,24)(H2,20,21,22,23). The highest BCUT2D eigenvalue weighted by Gasteiger charge is 2.17. The summed E-state index contributed by atoms with van der Waals surface area (Å²) in [7, 11) is 0. The number of nitrogens with one attached hydrogen (secondary N) is 3. The van der Waals surface area contributed by atoms with E-state index in [4.69, 9.17) is 0 Å². The van der Waals surface area contributed by atoms with Gasteiger partial charge in [0.1, 0.15) is 11.6 Å². The van der Waals surface area contributed by atoms with Crippen LogP contribution in [0.15, 0.2) is 48.5 Å². The molecule has 0 saturated carbocycles. The molecule has 0 fully saturated rings. The Morgan fingerprint density at radius 3 is 2.54 bits per heavy atom. The molecule has 1 heterocycles. The molecule has 1 amide bonds. The molecule has 2 aromatic carbocycles. The van der Waals surface area contributed by atoms with Crippen LogP contribution in [0.5, 0.6) is 0 Å². The number of hydrogen-bond acceptors (Lipinski definition) is 4. The van der Waals surface area contributed by atoms with Crippen molar-refractivity contribution >= 4 is 17.4 Å². The van der Waals surface area contributed by atoms with E-state index in [1.807, 2.05) is 0 Å². The Morgan fingerprint density at radius 1 is 1.04 bits per heavy atom. The molecule has 0 spiro atoms. The molecule has 0 radical (unpaired) electrons. The lowest BCUT2D eigenvalue weighted by Crippen LogP contribution is -2.24. The molecule has 3 N–H and O–H groups in total. The van der Waals surface area contributed by atoms with Crippen molar-refractivity contribution in [2.75, 3.05) is 5.32 Å². The summed E-state index contributed by atoms with van der Waals surface area (Å²) in [5.74, 6) is -1.21. The van der Waals surface area contributed by atoms with Gasteiger partial charge in [-0.05, 0) is 29.8 Å². The number of rotatable bonds is 5. The number of benzene rings is 2. The van der Waals surface area contributed by atoms with E-state index in [9.17, 15) is 13.6 Å². The molecule has 0 aliphatic heterocycles. The number of carbonyl (C=O) groups is 1. The summed E-state index contributed by atoms with van der Waals surface area (Å²) in [4.78, 5) is 12.2. The van der Waals surface area contributed by atoms with Crippen LogP contribution in [0.4, 0.5) is 20.3 Å². The summed E-state index contributed by atoms with van der Waals surface area (Å²) < 4.78 is 26.5. The Labute approximate surface area is 135 Å². The molecular formula is C16H13F2N5O. The van der Waals surface area contributed by atoms with Crippen LogP contribution in [0.25, 0.3) is 0 Å². The summed E-state index contributed by atoms with van der Waals surface area (Å²) in [5.41, 5.74) is 0.913. The minimum Gasteiger partial charge on any atom is -0.346 e. The molecule has 0 aliphatic rings. The second kappa shape index (κ2) is 6.86. The number of para-hydroxylation sites is 1. The number of nitrogens with zero attached hydrogens (tertiary/aromatic N) is 2. The van der Waals surface area contributed by atoms with Crippen LogP contribution in [0.3, 0.4) is 0 Å². The molecule has 0 atom stereocenters. The Bertz CT molecular complexity index is 848. The second-order valence-electron chi connectivity index (χ2n) is 4.93. The van der Waals surface area contributed by atoms with Gasteiger partial charge >= 0.3 is 0 Å². The maximum absolute atomic E-state index is 13.7. The van der Waals surface area contributed by atoms with Gasteiger partial charge in [-0.15, -0.1) is 10.2 Å². The number of amides is 1. The van der Waals surface area contributed by atoms with Crippen molar-refractivity contribution < 1.29 is 13.6 Å². The predicted octanol–water partition coefficient (Wildman–Crippen LogP) is 2.76. The molecule has 0 unspecified atom stereocenters. The molecule has 0 bridgehead atoms. The summed E-state index contributed by atoms with van der Waals surface area (Å²) in [6, 6.07) is 11.8. The molecule has 122 valence electrons. The molecule has 6 nitrogen and oxygen atoms in total. The predicted molar refractivity (Wildman–Crippen MR) is 83.6 cm³/mol. The largest absolute Gasteiger partial charge is 0.346 e. The first-order chi connectivity index (χ1) is 11.6. The average Bonchev–Trinajstić information content (AvgIpc) is 3.04. The Balaban J connectivity index is 1.69. The monoisotopic (exact) mass is 329 g/mol. The van der Waals surface area contributed by atoms with Crippen LogP contribution in [0.2, 0.25) is 0 Å². The first kappa shape index (κ1) is 15.6. The summed E-state index contributed by atoms with van der Waals surface area (Å²) in [6.07, 6.45) is 0. The highest BCUT2D eigenvalue weighted by Crippen LogP contribution is 2.19. The van der Waals surface area contributed by atoms with Gasteiger partial charge in [0.15, 0.2) is 11.5 Å². The fourth-order valence-corrected chi connectivity index (χ4v) is 2.03. The van der Waals surface area contributed by atoms with Gasteiger partial charge in [-0.1, -0.05) is 24.3 Å². The van der Waals surface area contributed by atoms with Crippen LogP contribution in [-0.4, -0.2) is 21.3 Å². The van der Waals surface area contributed by atoms with Gasteiger partial charge < -0.3 is 10.6 Å². The van der Waals surface area contributed by atoms with Crippen LogP contribution in [0, 0.1) is 11.6 Å². The minimum absolute atomic E-state index is 0.000338. The van der Waals surface area contributed by atoms with E-state index in [-0.39, 0.29) is 29.6 Å². The highest BCUT2D eigenvalue weighted by molar-refractivity contribution is 5.97. The number of anilines is 2. The molecule has 24 heavy (non-hydrogen) atoms. The zero-order chi connectivity index (χ0) is 16.9. The fraction of sp³-hybridized carbons (Fsp3) is 0.0625. The van der Waals surface area contributed by atoms with E-state index in [1.165, 1.54) is 24.3 Å². The quantitative estimate of drug-likeness (QED) is 0.672. The normalized spacial score (nSPS) is 10.4. The van der Waals surface area contributed by atoms with E-state index in [0.29, 0.717) is 0 Å². The third-order valence-electron chi connectivity index (χ3n) is 3.26. The summed E-state index contributed by atoms with van der Waals surface area (Å²) in [5, 5.41) is 15.3. The van der Waals surface area contributed by atoms with Gasteiger partial charge in [-0.2, -0.15) is 5.21 Å². The van der Waals surface area contributed by atoms with Crippen molar-refractivity contribution in [1.29, 1.82) is 0 Å². The Kier molecular flexibility index (Phi) is 4.46. The summed E-state index contributed by atoms with van der Waals surface area (Å²) in [6.45, 7) is 0.200. The van der Waals surface area contributed by atoms with Crippen molar-refractivity contribution in [1.82, 2.24) is 20.7 Å². The van der Waals surface area contributed by atoms with E-state index in [0.717, 1.165) is 5.56 Å². The topological polar surface area (TPSA) is 82.7 Å². The average molecular weight is 329 g/mol. The van der Waals surface area contributed by atoms with Gasteiger partial charge in [0, 0.05) is 6.54 Å². The van der Waals surface area contributed by atoms with Crippen LogP contribution >= 0.6 is 0 Å². The minimum atomic E-state index is -0.494. The number of carbonyl (C=O) groups excluding carboxylic acids is 1. The van der Waals surface area contributed by atoms with Gasteiger partial charge in [0.2, 0.25) is 0 Å². The fourth-order valence-electron chi connectivity index (χ4n) is 2.03. The Hall–Kier alpha value is -3.29. The maximum Gasteiger partial charge on any atom is 0.275 e. The van der Waals surface area contributed by atoms with E-state index in [2.05, 4.69) is 26.0 Å². The number of halogens is 2. The molecule has 0 saturated heterocycles. The van der Waals surface area contributed by atoms with Gasteiger partial charge in [-0.3, -0.25) is 4.79 Å².